The number of hydrogen-bond donors (Lipinski definition) is 4. The van der Waals surface area contributed by atoms with E-state index in [0.29, 0.717) is 30.1 Å². The predicted molar refractivity (Wildman–Crippen MR) is 126 cm³/mol. The first-order valence-corrected chi connectivity index (χ1v) is 15.2. The van der Waals surface area contributed by atoms with Gasteiger partial charge in [-0.1, -0.05) is 19.1 Å². The fraction of sp³-hybridized carbons (Fsp3) is 0.696. The molecule has 196 valence electrons. The Labute approximate surface area is 204 Å². The molecule has 0 aromatic rings. The van der Waals surface area contributed by atoms with Gasteiger partial charge in [-0.05, 0) is 67.6 Å². The summed E-state index contributed by atoms with van der Waals surface area (Å²) in [6.07, 6.45) is 11.3. The zero-order chi connectivity index (χ0) is 25.6. The molecular weight excluding hydrogens is 498 g/mol. The highest BCUT2D eigenvalue weighted by Gasteiger charge is 2.57. The Bertz CT molecular complexity index is 1000. The lowest BCUT2D eigenvalue weighted by atomic mass is 9.54. The van der Waals surface area contributed by atoms with Crippen molar-refractivity contribution in [2.75, 3.05) is 13.9 Å². The molecule has 6 atom stereocenters. The molecule has 12 heteroatoms. The van der Waals surface area contributed by atoms with Gasteiger partial charge in [0.25, 0.3) is 0 Å². The van der Waals surface area contributed by atoms with Gasteiger partial charge in [-0.25, -0.2) is 0 Å². The molecule has 0 spiro atoms. The molecular formula is C23H34O10P2. The fourth-order valence-electron chi connectivity index (χ4n) is 6.73. The number of esters is 1. The molecule has 0 bridgehead atoms. The van der Waals surface area contributed by atoms with Crippen molar-refractivity contribution in [1.82, 2.24) is 0 Å². The lowest BCUT2D eigenvalue weighted by Gasteiger charge is -2.51. The van der Waals surface area contributed by atoms with Crippen LogP contribution in [0.2, 0.25) is 0 Å². The highest BCUT2D eigenvalue weighted by Crippen LogP contribution is 2.63. The smallest absolute Gasteiger partial charge is 0.341 e. The number of methoxy groups -OCH3 is 1. The summed E-state index contributed by atoms with van der Waals surface area (Å²) in [5.41, 5.74) is 0.966. The molecule has 2 fully saturated rings. The topological polar surface area (TPSA) is 160 Å². The zero-order valence-electron chi connectivity index (χ0n) is 19.9. The maximum absolute atomic E-state index is 12.5. The van der Waals surface area contributed by atoms with Gasteiger partial charge in [-0.3, -0.25) is 13.9 Å². The van der Waals surface area contributed by atoms with Crippen molar-refractivity contribution in [1.29, 1.82) is 0 Å². The first-order chi connectivity index (χ1) is 16.3. The molecule has 10 nitrogen and oxygen atoms in total. The summed E-state index contributed by atoms with van der Waals surface area (Å²) in [7, 11) is -8.78. The molecule has 35 heavy (non-hydrogen) atoms. The third-order valence-electron chi connectivity index (χ3n) is 8.40. The molecule has 4 N–H and O–H groups in total. The third kappa shape index (κ3) is 5.40. The van der Waals surface area contributed by atoms with Gasteiger partial charge in [0, 0.05) is 18.4 Å². The predicted octanol–water partition coefficient (Wildman–Crippen LogP) is 3.43. The molecule has 0 unspecified atom stereocenters. The summed E-state index contributed by atoms with van der Waals surface area (Å²) in [6, 6.07) is 0. The standard InChI is InChI=1S/C23H34O10P2/c1-23-10-9-17-16-6-4-15(32-13-31-2)11-14(16)3-5-18(17)19(23)7-8-20(23)33-21(24)12-22(34(25,26)27)35(28,29)30/h3-4,6,11,16-20,22H,5,7-10,12-13H2,1-2H3,(H2,25,26,27)(H2,28,29,30)/t16-,17+,18+,19-,20-,23-/m0/s1. The minimum atomic E-state index is -5.18. The van der Waals surface area contributed by atoms with E-state index >= 15 is 0 Å². The third-order valence-corrected chi connectivity index (χ3v) is 12.1. The largest absolute Gasteiger partial charge is 0.468 e. The van der Waals surface area contributed by atoms with Crippen LogP contribution in [-0.2, 0) is 28.1 Å². The molecule has 4 rings (SSSR count). The van der Waals surface area contributed by atoms with Gasteiger partial charge in [0.1, 0.15) is 11.9 Å². The number of fused-ring (bicyclic) bond motifs is 5. The van der Waals surface area contributed by atoms with Crippen molar-refractivity contribution in [3.05, 3.63) is 35.6 Å². The van der Waals surface area contributed by atoms with Gasteiger partial charge < -0.3 is 33.8 Å². The van der Waals surface area contributed by atoms with E-state index in [9.17, 15) is 33.5 Å². The van der Waals surface area contributed by atoms with Crippen LogP contribution in [-0.4, -0.2) is 50.9 Å². The van der Waals surface area contributed by atoms with Crippen LogP contribution in [0.15, 0.2) is 35.6 Å². The molecule has 0 aliphatic heterocycles. The number of hydrogen-bond acceptors (Lipinski definition) is 6. The van der Waals surface area contributed by atoms with E-state index < -0.39 is 39.1 Å². The Kier molecular flexibility index (Phi) is 7.58. The average molecular weight is 532 g/mol. The van der Waals surface area contributed by atoms with E-state index in [2.05, 4.69) is 25.2 Å². The number of carbonyl (C=O) groups is 1. The van der Waals surface area contributed by atoms with E-state index in [1.165, 1.54) is 5.57 Å². The second-order valence-corrected chi connectivity index (χ2v) is 14.3. The molecule has 0 saturated heterocycles. The summed E-state index contributed by atoms with van der Waals surface area (Å²) in [4.78, 5) is 49.8. The first kappa shape index (κ1) is 26.8. The first-order valence-electron chi connectivity index (χ1n) is 11.9. The van der Waals surface area contributed by atoms with Gasteiger partial charge in [-0.15, -0.1) is 0 Å². The minimum Gasteiger partial charge on any atom is -0.468 e. The normalized spacial score (nSPS) is 34.4. The quantitative estimate of drug-likeness (QED) is 0.207. The Morgan fingerprint density at radius 2 is 1.86 bits per heavy atom. The van der Waals surface area contributed by atoms with Crippen LogP contribution in [0.4, 0.5) is 0 Å². The van der Waals surface area contributed by atoms with Crippen molar-refractivity contribution < 1.29 is 47.7 Å². The van der Waals surface area contributed by atoms with E-state index in [-0.39, 0.29) is 12.2 Å². The van der Waals surface area contributed by atoms with Gasteiger partial charge in [-0.2, -0.15) is 0 Å². The lowest BCUT2D eigenvalue weighted by molar-refractivity contribution is -0.158. The SMILES string of the molecule is COCOC1=CC2=CC[C@@H]3[C@H](CC[C@]4(C)[C@@H](OC(=O)CC(P(=O)(O)O)P(=O)(O)O)CC[C@@H]34)[C@H]2C=C1. The van der Waals surface area contributed by atoms with Gasteiger partial charge in [0.05, 0.1) is 6.42 Å². The molecule has 0 heterocycles. The van der Waals surface area contributed by atoms with Gasteiger partial charge >= 0.3 is 21.2 Å². The Balaban J connectivity index is 1.45. The maximum atomic E-state index is 12.5. The van der Waals surface area contributed by atoms with Gasteiger partial charge in [0.15, 0.2) is 12.2 Å². The van der Waals surface area contributed by atoms with Gasteiger partial charge in [0.2, 0.25) is 0 Å². The number of rotatable bonds is 8. The van der Waals surface area contributed by atoms with Crippen molar-refractivity contribution in [2.24, 2.45) is 29.1 Å². The van der Waals surface area contributed by atoms with Crippen LogP contribution in [0.25, 0.3) is 0 Å². The number of ether oxygens (including phenoxy) is 3. The Hall–Kier alpha value is -1.25. The summed E-state index contributed by atoms with van der Waals surface area (Å²) in [6.45, 7) is 2.30. The summed E-state index contributed by atoms with van der Waals surface area (Å²) < 4.78 is 39.3. The van der Waals surface area contributed by atoms with E-state index in [1.54, 1.807) is 7.11 Å². The van der Waals surface area contributed by atoms with Crippen molar-refractivity contribution in [3.8, 4) is 0 Å². The molecule has 0 aromatic carbocycles. The minimum absolute atomic E-state index is 0.198. The van der Waals surface area contributed by atoms with E-state index in [0.717, 1.165) is 31.4 Å². The number of allylic oxidation sites excluding steroid dienone is 5. The molecule has 0 radical (unpaired) electrons. The Morgan fingerprint density at radius 1 is 1.14 bits per heavy atom. The van der Waals surface area contributed by atoms with Crippen LogP contribution < -0.4 is 0 Å². The summed E-state index contributed by atoms with van der Waals surface area (Å²) in [5.74, 6) is 1.31. The maximum Gasteiger partial charge on any atom is 0.341 e. The molecule has 4 aliphatic carbocycles. The zero-order valence-corrected chi connectivity index (χ0v) is 21.6. The molecule has 0 amide bonds. The second-order valence-electron chi connectivity index (χ2n) is 10.3. The molecule has 2 saturated carbocycles. The van der Waals surface area contributed by atoms with Crippen LogP contribution in [0.3, 0.4) is 0 Å². The highest BCUT2D eigenvalue weighted by molar-refractivity contribution is 7.70. The van der Waals surface area contributed by atoms with Crippen molar-refractivity contribution in [3.63, 3.8) is 0 Å². The Morgan fingerprint density at radius 3 is 2.51 bits per heavy atom. The summed E-state index contributed by atoms with van der Waals surface area (Å²) >= 11 is 0. The van der Waals surface area contributed by atoms with E-state index in [1.807, 2.05) is 6.08 Å². The van der Waals surface area contributed by atoms with Crippen LogP contribution >= 0.6 is 15.2 Å². The second kappa shape index (κ2) is 9.90. The van der Waals surface area contributed by atoms with Crippen molar-refractivity contribution >= 4 is 21.2 Å². The van der Waals surface area contributed by atoms with Crippen molar-refractivity contribution in [2.45, 2.75) is 57.0 Å². The monoisotopic (exact) mass is 532 g/mol. The lowest BCUT2D eigenvalue weighted by Crippen LogP contribution is -2.47. The molecule has 0 aromatic heterocycles. The fourth-order valence-corrected chi connectivity index (χ4v) is 9.07. The number of carbonyl (C=O) groups excluding carboxylic acids is 1. The van der Waals surface area contributed by atoms with Crippen LogP contribution in [0.1, 0.15) is 45.4 Å². The average Bonchev–Trinajstić information content (AvgIpc) is 3.10. The molecule has 4 aliphatic rings. The van der Waals surface area contributed by atoms with Crippen LogP contribution in [0.5, 0.6) is 0 Å². The highest BCUT2D eigenvalue weighted by atomic mass is 31.2. The van der Waals surface area contributed by atoms with E-state index in [4.69, 9.17) is 14.2 Å². The van der Waals surface area contributed by atoms with Crippen LogP contribution in [0, 0.1) is 29.1 Å². The summed E-state index contributed by atoms with van der Waals surface area (Å²) in [5, 5.41) is -2.38.